The Labute approximate surface area is 181 Å². The molecule has 0 bridgehead atoms. The number of hydrogen-bond donors (Lipinski definition) is 0. The molecular formula is C23H17N3O2S2. The highest BCUT2D eigenvalue weighted by Gasteiger charge is 2.34. The van der Waals surface area contributed by atoms with Gasteiger partial charge in [0.25, 0.3) is 11.8 Å². The van der Waals surface area contributed by atoms with Gasteiger partial charge in [0.1, 0.15) is 16.2 Å². The number of aromatic nitrogens is 2. The predicted molar refractivity (Wildman–Crippen MR) is 120 cm³/mol. The zero-order chi connectivity index (χ0) is 20.5. The molecule has 5 nitrogen and oxygen atoms in total. The van der Waals surface area contributed by atoms with E-state index in [9.17, 15) is 9.59 Å². The Hall–Kier alpha value is -3.03. The molecule has 1 aliphatic heterocycles. The van der Waals surface area contributed by atoms with Crippen LogP contribution in [0.5, 0.6) is 0 Å². The third-order valence-corrected chi connectivity index (χ3v) is 7.03. The number of nitrogens with zero attached hydrogens (tertiary/aromatic N) is 3. The Kier molecular flexibility index (Phi) is 5.06. The molecule has 2 amide bonds. The average molecular weight is 432 g/mol. The number of carbonyl (C=O) groups is 2. The van der Waals surface area contributed by atoms with Crippen LogP contribution in [0.4, 0.5) is 0 Å². The van der Waals surface area contributed by atoms with Crippen molar-refractivity contribution >= 4 is 45.1 Å². The van der Waals surface area contributed by atoms with Crippen LogP contribution in [0.1, 0.15) is 27.1 Å². The molecule has 0 atom stereocenters. The first-order valence-electron chi connectivity index (χ1n) is 9.59. The predicted octanol–water partition coefficient (Wildman–Crippen LogP) is 5.14. The van der Waals surface area contributed by atoms with Crippen molar-refractivity contribution < 1.29 is 9.59 Å². The van der Waals surface area contributed by atoms with E-state index >= 15 is 0 Å². The van der Waals surface area contributed by atoms with Crippen molar-refractivity contribution in [3.63, 3.8) is 0 Å². The zero-order valence-corrected chi connectivity index (χ0v) is 17.6. The number of thiophene rings is 1. The monoisotopic (exact) mass is 431 g/mol. The second-order valence-electron chi connectivity index (χ2n) is 6.88. The van der Waals surface area contributed by atoms with Gasteiger partial charge in [-0.1, -0.05) is 42.5 Å². The summed E-state index contributed by atoms with van der Waals surface area (Å²) in [6.07, 6.45) is 2.30. The quantitative estimate of drug-likeness (QED) is 0.183. The molecule has 2 aromatic heterocycles. The molecule has 7 heteroatoms. The van der Waals surface area contributed by atoms with Crippen molar-refractivity contribution in [1.29, 1.82) is 0 Å². The highest BCUT2D eigenvalue weighted by molar-refractivity contribution is 7.99. The second-order valence-corrected chi connectivity index (χ2v) is 8.83. The molecule has 148 valence electrons. The normalized spacial score (nSPS) is 13.3. The Balaban J connectivity index is 1.29. The molecule has 30 heavy (non-hydrogen) atoms. The van der Waals surface area contributed by atoms with Gasteiger partial charge in [0.05, 0.1) is 16.5 Å². The number of rotatable bonds is 6. The van der Waals surface area contributed by atoms with Crippen LogP contribution in [0.3, 0.4) is 0 Å². The van der Waals surface area contributed by atoms with E-state index in [1.165, 1.54) is 4.90 Å². The molecule has 0 saturated heterocycles. The van der Waals surface area contributed by atoms with E-state index in [2.05, 4.69) is 27.5 Å². The van der Waals surface area contributed by atoms with Crippen LogP contribution in [0.2, 0.25) is 0 Å². The van der Waals surface area contributed by atoms with Gasteiger partial charge in [0, 0.05) is 23.2 Å². The first-order chi connectivity index (χ1) is 14.7. The van der Waals surface area contributed by atoms with Crippen molar-refractivity contribution in [2.24, 2.45) is 0 Å². The molecule has 2 aromatic carbocycles. The number of imide groups is 1. The van der Waals surface area contributed by atoms with Gasteiger partial charge in [0.15, 0.2) is 0 Å². The Morgan fingerprint density at radius 2 is 1.57 bits per heavy atom. The minimum atomic E-state index is -0.200. The highest BCUT2D eigenvalue weighted by atomic mass is 32.2. The summed E-state index contributed by atoms with van der Waals surface area (Å²) in [5, 5.41) is 4.12. The van der Waals surface area contributed by atoms with Gasteiger partial charge in [-0.05, 0) is 24.1 Å². The lowest BCUT2D eigenvalue weighted by molar-refractivity contribution is 0.0655. The highest BCUT2D eigenvalue weighted by Crippen LogP contribution is 2.37. The summed E-state index contributed by atoms with van der Waals surface area (Å²) < 4.78 is 0. The number of amides is 2. The maximum atomic E-state index is 12.5. The van der Waals surface area contributed by atoms with E-state index < -0.39 is 0 Å². The summed E-state index contributed by atoms with van der Waals surface area (Å²) in [5.74, 6) is 0.354. The number of benzene rings is 2. The largest absolute Gasteiger partial charge is 0.274 e. The molecular weight excluding hydrogens is 414 g/mol. The van der Waals surface area contributed by atoms with Crippen molar-refractivity contribution in [3.8, 4) is 11.1 Å². The topological polar surface area (TPSA) is 63.2 Å². The molecule has 0 radical (unpaired) electrons. The molecule has 4 aromatic rings. The lowest BCUT2D eigenvalue weighted by Gasteiger charge is -2.13. The van der Waals surface area contributed by atoms with Crippen LogP contribution in [0.15, 0.2) is 71.3 Å². The van der Waals surface area contributed by atoms with Crippen LogP contribution >= 0.6 is 23.1 Å². The first kappa shape index (κ1) is 19.0. The van der Waals surface area contributed by atoms with Crippen LogP contribution < -0.4 is 0 Å². The SMILES string of the molecule is O=C1c2ccccc2C(=O)N1CCCSc1ncnc2scc(-c3ccccc3)c12. The molecule has 0 N–H and O–H groups in total. The van der Waals surface area contributed by atoms with E-state index in [1.807, 2.05) is 18.2 Å². The number of hydrogen-bond acceptors (Lipinski definition) is 6. The van der Waals surface area contributed by atoms with Crippen molar-refractivity contribution in [2.45, 2.75) is 11.4 Å². The van der Waals surface area contributed by atoms with E-state index in [0.29, 0.717) is 24.1 Å². The summed E-state index contributed by atoms with van der Waals surface area (Å²) >= 11 is 3.25. The number of carbonyl (C=O) groups excluding carboxylic acids is 2. The summed E-state index contributed by atoms with van der Waals surface area (Å²) in [7, 11) is 0. The van der Waals surface area contributed by atoms with Crippen LogP contribution in [0.25, 0.3) is 21.3 Å². The molecule has 0 spiro atoms. The lowest BCUT2D eigenvalue weighted by atomic mass is 10.1. The van der Waals surface area contributed by atoms with Gasteiger partial charge >= 0.3 is 0 Å². The number of thioether (sulfide) groups is 1. The first-order valence-corrected chi connectivity index (χ1v) is 11.5. The van der Waals surface area contributed by atoms with Crippen molar-refractivity contribution in [1.82, 2.24) is 14.9 Å². The third-order valence-electron chi connectivity index (χ3n) is 5.06. The molecule has 0 saturated carbocycles. The molecule has 1 aliphatic rings. The fourth-order valence-corrected chi connectivity index (χ4v) is 5.54. The fourth-order valence-electron chi connectivity index (χ4n) is 3.62. The molecule has 3 heterocycles. The second kappa shape index (κ2) is 8.01. The van der Waals surface area contributed by atoms with Gasteiger partial charge in [-0.2, -0.15) is 0 Å². The van der Waals surface area contributed by atoms with Gasteiger partial charge in [-0.25, -0.2) is 9.97 Å². The smallest absolute Gasteiger partial charge is 0.261 e. The Morgan fingerprint density at radius 3 is 2.30 bits per heavy atom. The molecule has 0 fully saturated rings. The summed E-state index contributed by atoms with van der Waals surface area (Å²) in [5.41, 5.74) is 3.28. The summed E-state index contributed by atoms with van der Waals surface area (Å²) in [6.45, 7) is 0.406. The maximum absolute atomic E-state index is 12.5. The third kappa shape index (κ3) is 3.30. The summed E-state index contributed by atoms with van der Waals surface area (Å²) in [4.78, 5) is 36.2. The van der Waals surface area contributed by atoms with Crippen LogP contribution in [-0.2, 0) is 0 Å². The maximum Gasteiger partial charge on any atom is 0.261 e. The van der Waals surface area contributed by atoms with Crippen LogP contribution in [-0.4, -0.2) is 39.0 Å². The molecule has 0 aliphatic carbocycles. The van der Waals surface area contributed by atoms with Gasteiger partial charge < -0.3 is 0 Å². The minimum absolute atomic E-state index is 0.200. The van der Waals surface area contributed by atoms with E-state index in [0.717, 1.165) is 32.1 Å². The van der Waals surface area contributed by atoms with E-state index in [-0.39, 0.29) is 11.8 Å². The van der Waals surface area contributed by atoms with E-state index in [1.54, 1.807) is 53.7 Å². The van der Waals surface area contributed by atoms with Gasteiger partial charge in [-0.3, -0.25) is 14.5 Å². The summed E-state index contributed by atoms with van der Waals surface area (Å²) in [6, 6.07) is 17.2. The van der Waals surface area contributed by atoms with Crippen molar-refractivity contribution in [3.05, 3.63) is 77.4 Å². The molecule has 0 unspecified atom stereocenters. The van der Waals surface area contributed by atoms with E-state index in [4.69, 9.17) is 0 Å². The minimum Gasteiger partial charge on any atom is -0.274 e. The molecule has 5 rings (SSSR count). The Morgan fingerprint density at radius 1 is 0.867 bits per heavy atom. The lowest BCUT2D eigenvalue weighted by Crippen LogP contribution is -2.31. The van der Waals surface area contributed by atoms with Gasteiger partial charge in [0.2, 0.25) is 0 Å². The van der Waals surface area contributed by atoms with Crippen LogP contribution in [0, 0.1) is 0 Å². The Bertz CT molecular complexity index is 1220. The number of fused-ring (bicyclic) bond motifs is 2. The average Bonchev–Trinajstić information content (AvgIpc) is 3.33. The van der Waals surface area contributed by atoms with Gasteiger partial charge in [-0.15, -0.1) is 23.1 Å². The zero-order valence-electron chi connectivity index (χ0n) is 15.9. The van der Waals surface area contributed by atoms with Crippen molar-refractivity contribution in [2.75, 3.05) is 12.3 Å². The standard InChI is InChI=1S/C23H17N3O2S2/c27-22-16-9-4-5-10-17(16)23(28)26(22)11-6-12-29-20-19-18(15-7-2-1-3-8-15)13-30-21(19)25-14-24-20/h1-5,7-10,13-14H,6,11-12H2. The fraction of sp³-hybridized carbons (Fsp3) is 0.130.